The van der Waals surface area contributed by atoms with E-state index in [0.29, 0.717) is 18.9 Å². The first kappa shape index (κ1) is 21.3. The minimum atomic E-state index is -3.76. The van der Waals surface area contributed by atoms with Crippen molar-refractivity contribution in [1.82, 2.24) is 4.31 Å². The van der Waals surface area contributed by atoms with Crippen LogP contribution in [0.25, 0.3) is 0 Å². The summed E-state index contributed by atoms with van der Waals surface area (Å²) in [6.45, 7) is 3.36. The zero-order chi connectivity index (χ0) is 20.9. The summed E-state index contributed by atoms with van der Waals surface area (Å²) in [6, 6.07) is 8.23. The molecule has 158 valence electrons. The third kappa shape index (κ3) is 5.15. The predicted octanol–water partition coefficient (Wildman–Crippen LogP) is 0.572. The fourth-order valence-corrected chi connectivity index (χ4v) is 4.63. The maximum absolute atomic E-state index is 13.0. The molecule has 0 spiro atoms. The largest absolute Gasteiger partial charge is 0.495 e. The highest BCUT2D eigenvalue weighted by Crippen LogP contribution is 2.30. The number of nitrogens with two attached hydrogens (primary N) is 1. The molecule has 3 N–H and O–H groups in total. The first-order valence-electron chi connectivity index (χ1n) is 9.34. The molecule has 1 saturated heterocycles. The van der Waals surface area contributed by atoms with Gasteiger partial charge in [0.2, 0.25) is 10.0 Å². The van der Waals surface area contributed by atoms with Crippen LogP contribution < -0.4 is 15.4 Å². The van der Waals surface area contributed by atoms with Gasteiger partial charge in [-0.05, 0) is 37.3 Å². The number of methoxy groups -OCH3 is 1. The minimum Gasteiger partial charge on any atom is -0.495 e. The monoisotopic (exact) mass is 424 g/mol. The summed E-state index contributed by atoms with van der Waals surface area (Å²) in [6.07, 6.45) is 1.59. The van der Waals surface area contributed by atoms with Gasteiger partial charge < -0.3 is 24.5 Å². The van der Waals surface area contributed by atoms with Crippen molar-refractivity contribution in [3.8, 4) is 5.75 Å². The minimum absolute atomic E-state index is 0.0103. The number of quaternary nitrogens is 1. The lowest BCUT2D eigenvalue weighted by Crippen LogP contribution is -2.86. The summed E-state index contributed by atoms with van der Waals surface area (Å²) >= 11 is 0. The molecule has 1 aliphatic rings. The zero-order valence-electron chi connectivity index (χ0n) is 16.5. The molecule has 29 heavy (non-hydrogen) atoms. The Kier molecular flexibility index (Phi) is 6.91. The van der Waals surface area contributed by atoms with E-state index in [0.717, 1.165) is 5.76 Å². The van der Waals surface area contributed by atoms with E-state index in [1.165, 1.54) is 23.5 Å². The summed E-state index contributed by atoms with van der Waals surface area (Å²) < 4.78 is 43.2. The van der Waals surface area contributed by atoms with Gasteiger partial charge in [-0.15, -0.1) is 0 Å². The molecule has 0 aliphatic carbocycles. The van der Waals surface area contributed by atoms with Crippen molar-refractivity contribution >= 4 is 21.6 Å². The van der Waals surface area contributed by atoms with Crippen molar-refractivity contribution in [2.75, 3.05) is 45.3 Å². The van der Waals surface area contributed by atoms with Gasteiger partial charge in [0, 0.05) is 18.8 Å². The van der Waals surface area contributed by atoms with E-state index < -0.39 is 10.0 Å². The molecule has 2 aromatic rings. The van der Waals surface area contributed by atoms with Crippen LogP contribution in [-0.4, -0.2) is 58.6 Å². The van der Waals surface area contributed by atoms with E-state index >= 15 is 0 Å². The van der Waals surface area contributed by atoms with Crippen LogP contribution in [0.5, 0.6) is 5.75 Å². The lowest BCUT2D eigenvalue weighted by molar-refractivity contribution is -0.684. The summed E-state index contributed by atoms with van der Waals surface area (Å²) in [5.41, 5.74) is 0.390. The summed E-state index contributed by atoms with van der Waals surface area (Å²) in [4.78, 5) is 12.3. The fourth-order valence-electron chi connectivity index (χ4n) is 3.04. The number of hydrogen-bond acceptors (Lipinski definition) is 6. The molecule has 0 unspecified atom stereocenters. The molecule has 1 atom stereocenters. The normalized spacial score (nSPS) is 16.3. The Morgan fingerprint density at radius 1 is 1.31 bits per heavy atom. The number of hydrogen-bond donors (Lipinski definition) is 2. The summed E-state index contributed by atoms with van der Waals surface area (Å²) in [5.74, 6) is 0.761. The van der Waals surface area contributed by atoms with Crippen LogP contribution >= 0.6 is 0 Å². The van der Waals surface area contributed by atoms with Crippen LogP contribution in [0, 0.1) is 0 Å². The quantitative estimate of drug-likeness (QED) is 0.640. The van der Waals surface area contributed by atoms with Gasteiger partial charge in [0.05, 0.1) is 26.6 Å². The maximum atomic E-state index is 13.0. The number of nitrogens with one attached hydrogen (secondary N) is 1. The molecule has 1 fully saturated rings. The fraction of sp³-hybridized carbons (Fsp3) is 0.421. The number of sulfonamides is 1. The maximum Gasteiger partial charge on any atom is 0.279 e. The number of amides is 1. The van der Waals surface area contributed by atoms with Crippen molar-refractivity contribution in [1.29, 1.82) is 0 Å². The molecule has 0 saturated carbocycles. The third-order valence-electron chi connectivity index (χ3n) is 4.68. The Bertz CT molecular complexity index is 923. The lowest BCUT2D eigenvalue weighted by atomic mass is 10.2. The summed E-state index contributed by atoms with van der Waals surface area (Å²) in [7, 11) is -2.35. The molecular weight excluding hydrogens is 398 g/mol. The van der Waals surface area contributed by atoms with Crippen LogP contribution in [0.3, 0.4) is 0 Å². The van der Waals surface area contributed by atoms with E-state index in [9.17, 15) is 13.2 Å². The van der Waals surface area contributed by atoms with Gasteiger partial charge in [-0.2, -0.15) is 4.31 Å². The third-order valence-corrected chi connectivity index (χ3v) is 6.60. The first-order valence-corrected chi connectivity index (χ1v) is 10.8. The second kappa shape index (κ2) is 9.40. The smallest absolute Gasteiger partial charge is 0.279 e. The first-order chi connectivity index (χ1) is 13.9. The Morgan fingerprint density at radius 2 is 2.07 bits per heavy atom. The van der Waals surface area contributed by atoms with Crippen molar-refractivity contribution in [3.63, 3.8) is 0 Å². The number of benzene rings is 1. The lowest BCUT2D eigenvalue weighted by Gasteiger charge is -2.26. The van der Waals surface area contributed by atoms with Crippen LogP contribution in [0.2, 0.25) is 0 Å². The Morgan fingerprint density at radius 3 is 2.72 bits per heavy atom. The molecule has 1 amide bonds. The van der Waals surface area contributed by atoms with Crippen molar-refractivity contribution in [3.05, 3.63) is 42.4 Å². The van der Waals surface area contributed by atoms with Crippen molar-refractivity contribution in [2.24, 2.45) is 0 Å². The molecule has 0 radical (unpaired) electrons. The average Bonchev–Trinajstić information content (AvgIpc) is 3.27. The summed E-state index contributed by atoms with van der Waals surface area (Å²) in [5, 5.41) is 4.58. The van der Waals surface area contributed by atoms with E-state index in [2.05, 4.69) is 5.32 Å². The van der Waals surface area contributed by atoms with E-state index in [1.54, 1.807) is 18.4 Å². The van der Waals surface area contributed by atoms with Crippen LogP contribution in [0.4, 0.5) is 5.69 Å². The number of anilines is 1. The van der Waals surface area contributed by atoms with Gasteiger partial charge in [0.25, 0.3) is 5.91 Å². The van der Waals surface area contributed by atoms with Crippen molar-refractivity contribution in [2.45, 2.75) is 17.9 Å². The van der Waals surface area contributed by atoms with Crippen LogP contribution in [0.15, 0.2) is 45.9 Å². The molecule has 0 bridgehead atoms. The number of furan rings is 1. The van der Waals surface area contributed by atoms with Crippen LogP contribution in [-0.2, 0) is 19.6 Å². The average molecular weight is 424 g/mol. The van der Waals surface area contributed by atoms with Gasteiger partial charge >= 0.3 is 0 Å². The number of morpholine rings is 1. The highest BCUT2D eigenvalue weighted by molar-refractivity contribution is 7.89. The molecule has 1 aromatic heterocycles. The SMILES string of the molecule is COc1ccc(NC(=O)C[NH2+][C@@H](C)c2ccco2)cc1S(=O)(=O)N1CCOCC1. The topological polar surface area (TPSA) is 115 Å². The number of carbonyl (C=O) groups excluding carboxylic acids is 1. The van der Waals surface area contributed by atoms with Gasteiger partial charge in [-0.3, -0.25) is 4.79 Å². The highest BCUT2D eigenvalue weighted by Gasteiger charge is 2.29. The molecular formula is C19H26N3O6S+. The second-order valence-corrected chi connectivity index (χ2v) is 8.58. The van der Waals surface area contributed by atoms with Gasteiger partial charge in [-0.1, -0.05) is 0 Å². The van der Waals surface area contributed by atoms with E-state index in [1.807, 2.05) is 18.3 Å². The Labute approximate surface area is 170 Å². The molecule has 9 nitrogen and oxygen atoms in total. The van der Waals surface area contributed by atoms with Crippen LogP contribution in [0.1, 0.15) is 18.7 Å². The van der Waals surface area contributed by atoms with Gasteiger partial charge in [0.15, 0.2) is 12.3 Å². The predicted molar refractivity (Wildman–Crippen MR) is 105 cm³/mol. The van der Waals surface area contributed by atoms with E-state index in [-0.39, 0.29) is 42.2 Å². The Hall–Kier alpha value is -2.40. The van der Waals surface area contributed by atoms with E-state index in [4.69, 9.17) is 13.9 Å². The molecule has 10 heteroatoms. The number of ether oxygens (including phenoxy) is 2. The zero-order valence-corrected chi connectivity index (χ0v) is 17.3. The number of rotatable bonds is 8. The molecule has 1 aromatic carbocycles. The number of carbonyl (C=O) groups is 1. The standard InChI is InChI=1S/C19H25N3O6S/c1-14(16-4-3-9-28-16)20-13-19(23)21-15-5-6-17(26-2)18(12-15)29(24,25)22-7-10-27-11-8-22/h3-6,9,12,14,20H,7-8,10-11,13H2,1-2H3,(H,21,23)/p+1/t14-/m0/s1. The number of nitrogens with zero attached hydrogens (tertiary/aromatic N) is 1. The van der Waals surface area contributed by atoms with Gasteiger partial charge in [0.1, 0.15) is 16.7 Å². The highest BCUT2D eigenvalue weighted by atomic mass is 32.2. The molecule has 1 aliphatic heterocycles. The molecule has 3 rings (SSSR count). The molecule has 2 heterocycles. The Balaban J connectivity index is 1.70. The van der Waals surface area contributed by atoms with Crippen molar-refractivity contribution < 1.29 is 32.4 Å². The van der Waals surface area contributed by atoms with Gasteiger partial charge in [-0.25, -0.2) is 8.42 Å². The second-order valence-electron chi connectivity index (χ2n) is 6.67.